The van der Waals surface area contributed by atoms with E-state index in [0.717, 1.165) is 84.1 Å². The topological polar surface area (TPSA) is 219 Å². The lowest BCUT2D eigenvalue weighted by atomic mass is 9.99. The number of hydrogen-bond acceptors (Lipinski definition) is 17. The van der Waals surface area contributed by atoms with Gasteiger partial charge in [-0.2, -0.15) is 10.2 Å². The minimum Gasteiger partial charge on any atom is -0.261 e. The molecule has 0 bridgehead atoms. The van der Waals surface area contributed by atoms with E-state index in [0.29, 0.717) is 0 Å². The number of nitrogens with zero attached hydrogens (tertiary/aromatic N) is 17. The van der Waals surface area contributed by atoms with Crippen molar-refractivity contribution in [2.24, 2.45) is 0 Å². The number of para-hydroxylation sites is 5. The van der Waals surface area contributed by atoms with Gasteiger partial charge in [-0.1, -0.05) is 216 Å². The van der Waals surface area contributed by atoms with E-state index in [-0.39, 0.29) is 0 Å². The van der Waals surface area contributed by atoms with E-state index in [4.69, 9.17) is 9.97 Å². The van der Waals surface area contributed by atoms with Gasteiger partial charge in [0, 0.05) is 78.1 Å². The van der Waals surface area contributed by atoms with Crippen molar-refractivity contribution in [1.29, 1.82) is 0 Å². The smallest absolute Gasteiger partial charge is 0.129 e. The molecule has 0 aliphatic heterocycles. The maximum atomic E-state index is 4.79. The fourth-order valence-electron chi connectivity index (χ4n) is 7.21. The van der Waals surface area contributed by atoms with Crippen LogP contribution in [0, 0.1) is 48.5 Å². The average molecular weight is 1310 g/mol. The molecule has 0 spiro atoms. The molecule has 17 heteroatoms. The van der Waals surface area contributed by atoms with Gasteiger partial charge >= 0.3 is 0 Å². The highest BCUT2D eigenvalue weighted by Gasteiger charge is 2.11. The quantitative estimate of drug-likeness (QED) is 0.129. The highest BCUT2D eigenvalue weighted by atomic mass is 15.1. The van der Waals surface area contributed by atoms with Crippen LogP contribution in [0.2, 0.25) is 0 Å². The van der Waals surface area contributed by atoms with E-state index in [1.807, 2.05) is 264 Å². The minimum absolute atomic E-state index is 0.775. The maximum absolute atomic E-state index is 4.79. The largest absolute Gasteiger partial charge is 0.261 e. The number of benzene rings is 6. The van der Waals surface area contributed by atoms with E-state index >= 15 is 0 Å². The first-order valence-electron chi connectivity index (χ1n) is 34.0. The van der Waals surface area contributed by atoms with Crippen LogP contribution in [0.4, 0.5) is 0 Å². The Balaban J connectivity index is -0.00000103. The zero-order valence-electron chi connectivity index (χ0n) is 62.9. The summed E-state index contributed by atoms with van der Waals surface area (Å²) >= 11 is 0. The molecule has 17 nitrogen and oxygen atoms in total. The van der Waals surface area contributed by atoms with Gasteiger partial charge in [-0.05, 0) is 108 Å². The van der Waals surface area contributed by atoms with Crippen LogP contribution in [-0.2, 0) is 0 Å². The normalized spacial score (nSPS) is 8.67. The van der Waals surface area contributed by atoms with Crippen LogP contribution in [0.3, 0.4) is 0 Å². The molecule has 14 aromatic rings. The van der Waals surface area contributed by atoms with Crippen molar-refractivity contribution in [3.05, 3.63) is 261 Å². The Morgan fingerprint density at radius 3 is 0.918 bits per heavy atom. The Morgan fingerprint density at radius 1 is 0.227 bits per heavy atom. The summed E-state index contributed by atoms with van der Waals surface area (Å²) in [6, 6.07) is 45.9. The Morgan fingerprint density at radius 2 is 0.598 bits per heavy atom. The van der Waals surface area contributed by atoms with Crippen LogP contribution < -0.4 is 0 Å². The summed E-state index contributed by atoms with van der Waals surface area (Å²) in [5.74, 6) is 1.55. The van der Waals surface area contributed by atoms with Crippen molar-refractivity contribution < 1.29 is 0 Å². The zero-order chi connectivity index (χ0) is 73.4. The van der Waals surface area contributed by atoms with Crippen molar-refractivity contribution in [3.8, 4) is 0 Å². The van der Waals surface area contributed by atoms with Crippen LogP contribution in [-0.4, -0.2) is 85.0 Å². The van der Waals surface area contributed by atoms with E-state index in [1.165, 1.54) is 34.2 Å². The molecule has 0 atom stereocenters. The monoisotopic (exact) mass is 1310 g/mol. The summed E-state index contributed by atoms with van der Waals surface area (Å²) < 4.78 is 0. The lowest BCUT2D eigenvalue weighted by Crippen LogP contribution is -1.95. The molecule has 0 N–H and O–H groups in total. The SMILES string of the molecule is CC.CC.CC.CC.CC.CC.CC.CC.CC.Cc1cnccn1.Cc1nc2c3ccccc3c3ccccc3c2nc1C.Cc1nc2ccccc2nc1C.Cc1ncnc(C)n1.c1ccc2nccnc2c1.c1ccc2ncncc2c1.c1ccnnc1.c1cncnc1. The highest BCUT2D eigenvalue weighted by Crippen LogP contribution is 2.33. The third-order valence-electron chi connectivity index (χ3n) is 11.2. The fourth-order valence-corrected chi connectivity index (χ4v) is 7.21. The molecule has 0 amide bonds. The van der Waals surface area contributed by atoms with Crippen molar-refractivity contribution in [1.82, 2.24) is 85.0 Å². The predicted octanol–water partition coefficient (Wildman–Crippen LogP) is 21.5. The van der Waals surface area contributed by atoms with Crippen molar-refractivity contribution >= 4 is 65.5 Å². The van der Waals surface area contributed by atoms with E-state index in [9.17, 15) is 0 Å². The second-order valence-corrected chi connectivity index (χ2v) is 16.9. The molecule has 97 heavy (non-hydrogen) atoms. The van der Waals surface area contributed by atoms with E-state index in [2.05, 4.69) is 124 Å². The highest BCUT2D eigenvalue weighted by molar-refractivity contribution is 6.23. The number of aromatic nitrogens is 17. The summed E-state index contributed by atoms with van der Waals surface area (Å²) in [4.78, 5) is 61.3. The van der Waals surface area contributed by atoms with Crippen LogP contribution in [0.25, 0.3) is 65.5 Å². The standard InChI is InChI=1S/C18H14N2.C10H10N2.2C8H6N2.C5H7N3.C5H6N2.2C4H4N2.9C2H6/c1-11-12(2)20-18-16-10-6-4-8-14(16)13-7-3-5-9-15(13)17(18)19-11;1-7-8(2)12-10-6-4-3-5-9(10)11-7;1-2-4-8-7(3-1)5-9-6-10-8;1-2-4-8-7(3-1)9-5-6-10-8;1-4-6-3-7-5(2)8-4;1-5-4-6-2-3-7-5;1-2-5-4-6-3-1;1-2-4-6-5-3-1;9*1-2/h3-10H,1-2H3;3-6H,1-2H3;2*1-6H;3H,1-2H3;2-4H,1H3;2*1-4H;9*1-2H3. The molecule has 516 valence electrons. The van der Waals surface area contributed by atoms with Gasteiger partial charge in [0.25, 0.3) is 0 Å². The summed E-state index contributed by atoms with van der Waals surface area (Å²) in [5.41, 5.74) is 11.8. The number of aryl methyl sites for hydroxylation is 7. The van der Waals surface area contributed by atoms with Crippen molar-refractivity contribution in [2.45, 2.75) is 173 Å². The first-order chi connectivity index (χ1) is 47.6. The second kappa shape index (κ2) is 61.6. The molecule has 0 saturated carbocycles. The van der Waals surface area contributed by atoms with Gasteiger partial charge in [-0.15, -0.1) is 0 Å². The molecule has 0 saturated heterocycles. The molecule has 0 aliphatic rings. The average Bonchev–Trinajstić information content (AvgIpc) is 0.838. The Hall–Kier alpha value is -10.6. The Kier molecular flexibility index (Phi) is 57.6. The Labute approximate surface area is 581 Å². The molecular formula is C80H111N17. The number of hydrogen-bond donors (Lipinski definition) is 0. The van der Waals surface area contributed by atoms with Gasteiger partial charge in [0.05, 0.1) is 67.1 Å². The molecule has 8 aromatic heterocycles. The van der Waals surface area contributed by atoms with Crippen LogP contribution in [0.5, 0.6) is 0 Å². The molecule has 8 heterocycles. The second-order valence-electron chi connectivity index (χ2n) is 16.9. The first-order valence-corrected chi connectivity index (χ1v) is 34.0. The van der Waals surface area contributed by atoms with Crippen LogP contribution >= 0.6 is 0 Å². The molecule has 0 unspecified atom stereocenters. The molecule has 14 rings (SSSR count). The molecule has 0 aliphatic carbocycles. The summed E-state index contributed by atoms with van der Waals surface area (Å²) in [5, 5.41) is 13.0. The zero-order valence-corrected chi connectivity index (χ0v) is 62.9. The van der Waals surface area contributed by atoms with Crippen molar-refractivity contribution in [2.75, 3.05) is 0 Å². The molecule has 0 fully saturated rings. The fraction of sp³-hybridized carbons (Fsp3) is 0.312. The summed E-state index contributed by atoms with van der Waals surface area (Å²) in [6.45, 7) is 49.6. The van der Waals surface area contributed by atoms with E-state index in [1.54, 1.807) is 68.2 Å². The van der Waals surface area contributed by atoms with E-state index < -0.39 is 0 Å². The lowest BCUT2D eigenvalue weighted by Gasteiger charge is -2.10. The first kappa shape index (κ1) is 90.6. The van der Waals surface area contributed by atoms with Crippen LogP contribution in [0.1, 0.15) is 165 Å². The predicted molar refractivity (Wildman–Crippen MR) is 414 cm³/mol. The molecule has 0 radical (unpaired) electrons. The molecular weight excluding hydrogens is 1200 g/mol. The minimum atomic E-state index is 0.775. The third-order valence-corrected chi connectivity index (χ3v) is 11.2. The summed E-state index contributed by atoms with van der Waals surface area (Å²) in [6.07, 6.45) is 21.5. The Bertz CT molecular complexity index is 3660. The van der Waals surface area contributed by atoms with Gasteiger partial charge in [0.1, 0.15) is 30.6 Å². The lowest BCUT2D eigenvalue weighted by molar-refractivity contribution is 0.920. The third kappa shape index (κ3) is 36.1. The van der Waals surface area contributed by atoms with Gasteiger partial charge in [0.15, 0.2) is 0 Å². The van der Waals surface area contributed by atoms with Gasteiger partial charge in [-0.3, -0.25) is 19.9 Å². The summed E-state index contributed by atoms with van der Waals surface area (Å²) in [7, 11) is 0. The molecule has 6 aromatic carbocycles. The van der Waals surface area contributed by atoms with Crippen molar-refractivity contribution in [3.63, 3.8) is 0 Å². The van der Waals surface area contributed by atoms with Gasteiger partial charge in [0.2, 0.25) is 0 Å². The van der Waals surface area contributed by atoms with Gasteiger partial charge in [-0.25, -0.2) is 54.8 Å². The number of rotatable bonds is 0. The number of fused-ring (bicyclic) bond motifs is 9. The maximum Gasteiger partial charge on any atom is 0.129 e. The van der Waals surface area contributed by atoms with Gasteiger partial charge < -0.3 is 0 Å². The van der Waals surface area contributed by atoms with Crippen LogP contribution in [0.15, 0.2) is 220 Å².